The Bertz CT molecular complexity index is 2440. The molecular weight excluding hydrogens is 1030 g/mol. The van der Waals surface area contributed by atoms with E-state index in [-0.39, 0.29) is 18.5 Å². The third-order valence-corrected chi connectivity index (χ3v) is 13.3. The van der Waals surface area contributed by atoms with Gasteiger partial charge in [0.2, 0.25) is 0 Å². The number of rotatable bonds is 23. The molecule has 4 heterocycles. The highest BCUT2D eigenvalue weighted by Crippen LogP contribution is 2.37. The zero-order valence-corrected chi connectivity index (χ0v) is 41.0. The van der Waals surface area contributed by atoms with Gasteiger partial charge in [-0.3, -0.25) is 27.4 Å². The summed E-state index contributed by atoms with van der Waals surface area (Å²) in [6, 6.07) is -1.74. The second-order valence-electron chi connectivity index (χ2n) is 16.4. The maximum Gasteiger partial charge on any atom is 0.397 e. The lowest BCUT2D eigenvalue weighted by Crippen LogP contribution is -2.63. The van der Waals surface area contributed by atoms with Gasteiger partial charge in [0.25, 0.3) is 0 Å². The number of aryl methyl sites for hydroxylation is 1. The minimum atomic E-state index is -5.57. The van der Waals surface area contributed by atoms with Crippen LogP contribution in [0.4, 0.5) is 0 Å². The van der Waals surface area contributed by atoms with Crippen molar-refractivity contribution in [1.82, 2.24) is 20.3 Å². The Kier molecular flexibility index (Phi) is 19.4. The van der Waals surface area contributed by atoms with Crippen LogP contribution in [0.25, 0.3) is 0 Å². The quantitative estimate of drug-likeness (QED) is 0.0468. The van der Waals surface area contributed by atoms with Gasteiger partial charge in [-0.25, -0.2) is 20.9 Å². The monoisotopic (exact) mass is 1080 g/mol. The summed E-state index contributed by atoms with van der Waals surface area (Å²) in [5.74, 6) is 0. The maximum absolute atomic E-state index is 12.2. The molecule has 0 aromatic carbocycles. The van der Waals surface area contributed by atoms with E-state index in [1.54, 1.807) is 13.0 Å². The Hall–Kier alpha value is -2.05. The normalized spacial score (nSPS) is 34.7. The molecule has 5 rings (SSSR count). The molecule has 0 radical (unpaired) electrons. The van der Waals surface area contributed by atoms with Gasteiger partial charge < -0.3 is 33.7 Å². The van der Waals surface area contributed by atoms with E-state index >= 15 is 0 Å². The van der Waals surface area contributed by atoms with E-state index in [9.17, 15) is 64.9 Å². The lowest BCUT2D eigenvalue weighted by molar-refractivity contribution is -0.346. The molecular formula is C33H56N4O26S5. The fraction of sp³-hybridized carbons (Fsp3) is 0.879. The number of unbranched alkanes of at least 4 members (excludes halogenated alkanes) is 2. The van der Waals surface area contributed by atoms with Crippen LogP contribution in [0.5, 0.6) is 0 Å². The number of ether oxygens (including phenoxy) is 6. The van der Waals surface area contributed by atoms with E-state index in [0.717, 1.165) is 24.8 Å². The number of nitrogens with zero attached hydrogens (tertiary/aromatic N) is 3. The molecule has 15 atom stereocenters. The zero-order chi connectivity index (χ0) is 50.6. The van der Waals surface area contributed by atoms with Gasteiger partial charge in [-0.2, -0.15) is 42.1 Å². The molecule has 30 nitrogen and oxygen atoms in total. The molecule has 4 aliphatic rings. The number of nitrogens with one attached hydrogen (secondary N) is 1. The van der Waals surface area contributed by atoms with Crippen molar-refractivity contribution in [2.75, 3.05) is 0 Å². The van der Waals surface area contributed by atoms with Gasteiger partial charge in [-0.05, 0) is 53.4 Å². The highest BCUT2D eigenvalue weighted by atomic mass is 32.3. The molecule has 394 valence electrons. The number of hydrogen-bond acceptors (Lipinski definition) is 24. The molecule has 3 aliphatic heterocycles. The second-order valence-corrected chi connectivity index (χ2v) is 21.6. The molecule has 1 aliphatic carbocycles. The van der Waals surface area contributed by atoms with E-state index in [1.165, 1.54) is 31.6 Å². The third-order valence-electron chi connectivity index (χ3n) is 10.9. The first kappa shape index (κ1) is 56.9. The first-order valence-electron chi connectivity index (χ1n) is 20.8. The Morgan fingerprint density at radius 1 is 0.662 bits per heavy atom. The third kappa shape index (κ3) is 17.9. The summed E-state index contributed by atoms with van der Waals surface area (Å²) >= 11 is 0. The predicted octanol–water partition coefficient (Wildman–Crippen LogP) is -0.223. The lowest BCUT2D eigenvalue weighted by Gasteiger charge is -2.47. The minimum Gasteiger partial charge on any atom is -0.345 e. The molecule has 1 aromatic heterocycles. The first-order valence-corrected chi connectivity index (χ1v) is 27.7. The molecule has 68 heavy (non-hydrogen) atoms. The van der Waals surface area contributed by atoms with Crippen LogP contribution in [0.3, 0.4) is 0 Å². The van der Waals surface area contributed by atoms with Crippen molar-refractivity contribution in [2.45, 2.75) is 185 Å². The summed E-state index contributed by atoms with van der Waals surface area (Å²) in [4.78, 5) is 0. The summed E-state index contributed by atoms with van der Waals surface area (Å²) in [5.41, 5.74) is 1.02. The van der Waals surface area contributed by atoms with Crippen molar-refractivity contribution >= 4 is 52.0 Å². The summed E-state index contributed by atoms with van der Waals surface area (Å²) in [7, 11) is -26.7. The Morgan fingerprint density at radius 3 is 1.81 bits per heavy atom. The van der Waals surface area contributed by atoms with Crippen LogP contribution < -0.4 is 5.32 Å². The lowest BCUT2D eigenvalue weighted by atomic mass is 9.91. The molecule has 3 saturated heterocycles. The van der Waals surface area contributed by atoms with Gasteiger partial charge in [0.1, 0.15) is 30.1 Å². The van der Waals surface area contributed by atoms with E-state index < -0.39 is 157 Å². The van der Waals surface area contributed by atoms with Crippen molar-refractivity contribution in [3.05, 3.63) is 23.5 Å². The van der Waals surface area contributed by atoms with Crippen LogP contribution >= 0.6 is 0 Å². The van der Waals surface area contributed by atoms with Gasteiger partial charge in [0.05, 0.1) is 49.4 Å². The average Bonchev–Trinajstić information content (AvgIpc) is 3.63. The molecule has 0 spiro atoms. The van der Waals surface area contributed by atoms with Crippen LogP contribution in [0.15, 0.2) is 17.8 Å². The first-order chi connectivity index (χ1) is 31.3. The molecule has 1 aromatic rings. The Balaban J connectivity index is 1.37. The van der Waals surface area contributed by atoms with Crippen molar-refractivity contribution in [1.29, 1.82) is 0 Å². The van der Waals surface area contributed by atoms with Gasteiger partial charge >= 0.3 is 52.0 Å². The van der Waals surface area contributed by atoms with Crippen LogP contribution in [0.1, 0.15) is 85.3 Å². The van der Waals surface area contributed by atoms with Gasteiger partial charge in [-0.1, -0.05) is 36.6 Å². The molecule has 0 unspecified atom stereocenters. The highest BCUT2D eigenvalue weighted by molar-refractivity contribution is 7.81. The molecule has 3 fully saturated rings. The average molecular weight is 1090 g/mol. The van der Waals surface area contributed by atoms with Crippen molar-refractivity contribution < 1.29 is 114 Å². The van der Waals surface area contributed by atoms with E-state index in [4.69, 9.17) is 49.3 Å². The molecule has 0 saturated carbocycles. The Labute approximate surface area is 393 Å². The van der Waals surface area contributed by atoms with Crippen LogP contribution in [0.2, 0.25) is 0 Å². The number of allylic oxidation sites excluding steroid dienone is 1. The maximum atomic E-state index is 12.2. The van der Waals surface area contributed by atoms with Crippen molar-refractivity contribution in [3.63, 3.8) is 0 Å². The molecule has 0 bridgehead atoms. The van der Waals surface area contributed by atoms with Gasteiger partial charge in [-0.15, -0.1) is 5.10 Å². The molecule has 6 N–H and O–H groups in total. The predicted molar refractivity (Wildman–Crippen MR) is 222 cm³/mol. The second kappa shape index (κ2) is 23.2. The van der Waals surface area contributed by atoms with Gasteiger partial charge in [0.15, 0.2) is 25.0 Å². The standard InChI is InChI=1S/C33H56N4O26S5/c1-6-7-8-11-37-15-21(35-36-37)16-53-33-30(63-68(50,51)52)29(62-67(47,48)49)28(20(5)56-33)58-32-27(61-66(44,45)46)14-25(19(4)55-32)57-31-26(60-65(41,42)43)13-22(18(3)54-31)34-23-12-17(2)9-10-24(23)59-64(38,39)40/h12,15,18-20,22-34H,6-11,13-14,16H2,1-5H3,(H,38,39,40)(H,41,42,43)(H,44,45,46)(H,47,48,49)(H,50,51,52)/t18-,19-,20-,22+,23+,24-,25+,26-,27-,28-,29+,30-,31-,32-,33-/m1/s1. The number of aromatic nitrogens is 3. The fourth-order valence-electron chi connectivity index (χ4n) is 7.99. The van der Waals surface area contributed by atoms with Crippen molar-refractivity contribution in [3.8, 4) is 0 Å². The minimum absolute atomic E-state index is 0.162. The smallest absolute Gasteiger partial charge is 0.345 e. The van der Waals surface area contributed by atoms with Gasteiger partial charge in [0, 0.05) is 19.0 Å². The van der Waals surface area contributed by atoms with E-state index in [1.807, 2.05) is 6.92 Å². The highest BCUT2D eigenvalue weighted by Gasteiger charge is 2.54. The molecule has 35 heteroatoms. The number of hydrogen-bond donors (Lipinski definition) is 6. The van der Waals surface area contributed by atoms with Crippen LogP contribution in [-0.2, 0) is 114 Å². The topological polar surface area (TPSA) is 416 Å². The zero-order valence-electron chi connectivity index (χ0n) is 36.9. The fourth-order valence-corrected chi connectivity index (χ4v) is 10.5. The Morgan fingerprint density at radius 2 is 1.21 bits per heavy atom. The summed E-state index contributed by atoms with van der Waals surface area (Å²) in [6.45, 7) is 7.87. The summed E-state index contributed by atoms with van der Waals surface area (Å²) in [5, 5.41) is 11.0. The van der Waals surface area contributed by atoms with Crippen molar-refractivity contribution in [2.24, 2.45) is 0 Å². The van der Waals surface area contributed by atoms with E-state index in [2.05, 4.69) is 15.6 Å². The molecule has 0 amide bonds. The summed E-state index contributed by atoms with van der Waals surface area (Å²) in [6.07, 6.45) is -16.7. The van der Waals surface area contributed by atoms with Crippen LogP contribution in [0, 0.1) is 0 Å². The summed E-state index contributed by atoms with van der Waals surface area (Å²) < 4.78 is 230. The largest absolute Gasteiger partial charge is 0.397 e. The SMILES string of the molecule is CCCCCn1cc(CO[C@@H]2O[C@H](C)[C@@H](O[C@H]3O[C@H](C)[C@@H](O[C@H]4O[C@H](C)[C@@H](N[C@H]5C=C(C)CC[C@H]5OS(=O)(=O)O)C[C@H]4OS(=O)(=O)O)C[C@H]3OS(=O)(=O)O)[C@H](OS(=O)(=O)O)[C@H]2OS(=O)(=O)O)nn1. The van der Waals surface area contributed by atoms with E-state index in [0.29, 0.717) is 13.0 Å². The van der Waals surface area contributed by atoms with Crippen LogP contribution in [-0.4, -0.2) is 172 Å².